The second kappa shape index (κ2) is 7.56. The van der Waals surface area contributed by atoms with Gasteiger partial charge in [0.05, 0.1) is 28.4 Å². The molecule has 6 nitrogen and oxygen atoms in total. The second-order valence-corrected chi connectivity index (χ2v) is 6.05. The van der Waals surface area contributed by atoms with Crippen molar-refractivity contribution >= 4 is 6.41 Å². The number of carbonyl (C=O) groups excluding carboxylic acids is 1. The van der Waals surface area contributed by atoms with Crippen molar-refractivity contribution in [2.75, 3.05) is 35.0 Å². The van der Waals surface area contributed by atoms with Gasteiger partial charge in [0.1, 0.15) is 0 Å². The van der Waals surface area contributed by atoms with E-state index in [1.165, 1.54) is 0 Å². The molecule has 3 rings (SSSR count). The molecule has 0 saturated carbocycles. The van der Waals surface area contributed by atoms with Gasteiger partial charge in [-0.05, 0) is 52.9 Å². The number of hydrogen-bond donors (Lipinski definition) is 0. The molecule has 0 aliphatic carbocycles. The van der Waals surface area contributed by atoms with E-state index in [0.717, 1.165) is 35.1 Å². The van der Waals surface area contributed by atoms with Crippen molar-refractivity contribution in [3.8, 4) is 34.1 Å². The summed E-state index contributed by atoms with van der Waals surface area (Å²) in [5.41, 5.74) is 4.11. The van der Waals surface area contributed by atoms with Crippen molar-refractivity contribution in [2.24, 2.45) is 0 Å². The molecule has 0 unspecified atom stereocenters. The summed E-state index contributed by atoms with van der Waals surface area (Å²) >= 11 is 0. The molecule has 26 heavy (non-hydrogen) atoms. The number of ether oxygens (including phenoxy) is 4. The molecule has 0 spiro atoms. The van der Waals surface area contributed by atoms with Crippen LogP contribution in [-0.2, 0) is 17.8 Å². The Labute approximate surface area is 153 Å². The molecule has 6 heteroatoms. The molecule has 0 N–H and O–H groups in total. The standard InChI is InChI=1S/C20H23NO5/c1-23-17-7-13-5-6-21(12-22)11-14-8-18(24-2)20(26-4)10-16(14)15(13)9-19(17)25-3/h7-10,12H,5-6,11H2,1-4H3. The van der Waals surface area contributed by atoms with Gasteiger partial charge in [-0.2, -0.15) is 0 Å². The SMILES string of the molecule is COc1cc2c(cc1OC)-c1cc(OC)c(OC)cc1CN(C=O)CC2. The fourth-order valence-corrected chi connectivity index (χ4v) is 3.33. The molecule has 0 bridgehead atoms. The number of carbonyl (C=O) groups is 1. The summed E-state index contributed by atoms with van der Waals surface area (Å²) in [6.45, 7) is 1.13. The molecule has 138 valence electrons. The van der Waals surface area contributed by atoms with Crippen LogP contribution in [0.2, 0.25) is 0 Å². The van der Waals surface area contributed by atoms with Crippen LogP contribution in [0.3, 0.4) is 0 Å². The van der Waals surface area contributed by atoms with Crippen LogP contribution in [0.1, 0.15) is 11.1 Å². The highest BCUT2D eigenvalue weighted by Gasteiger charge is 2.22. The molecule has 0 radical (unpaired) electrons. The molecule has 0 atom stereocenters. The number of rotatable bonds is 5. The van der Waals surface area contributed by atoms with Gasteiger partial charge in [0.2, 0.25) is 6.41 Å². The van der Waals surface area contributed by atoms with Gasteiger partial charge in [0, 0.05) is 13.1 Å². The molecule has 1 aliphatic heterocycles. The van der Waals surface area contributed by atoms with E-state index in [1.807, 2.05) is 24.3 Å². The lowest BCUT2D eigenvalue weighted by Crippen LogP contribution is -2.26. The van der Waals surface area contributed by atoms with Crippen LogP contribution in [-0.4, -0.2) is 46.3 Å². The lowest BCUT2D eigenvalue weighted by molar-refractivity contribution is -0.118. The number of methoxy groups -OCH3 is 4. The molecule has 0 saturated heterocycles. The third-order valence-electron chi connectivity index (χ3n) is 4.70. The van der Waals surface area contributed by atoms with E-state index in [9.17, 15) is 4.79 Å². The van der Waals surface area contributed by atoms with Crippen molar-refractivity contribution in [1.29, 1.82) is 0 Å². The molecule has 2 aromatic carbocycles. The highest BCUT2D eigenvalue weighted by molar-refractivity contribution is 5.77. The Bertz CT molecular complexity index is 818. The first-order valence-electron chi connectivity index (χ1n) is 8.34. The molecule has 0 aromatic heterocycles. The van der Waals surface area contributed by atoms with Crippen LogP contribution in [0, 0.1) is 0 Å². The number of amides is 1. The van der Waals surface area contributed by atoms with Crippen molar-refractivity contribution in [3.05, 3.63) is 35.4 Å². The van der Waals surface area contributed by atoms with Crippen molar-refractivity contribution in [3.63, 3.8) is 0 Å². The quantitative estimate of drug-likeness (QED) is 0.770. The summed E-state index contributed by atoms with van der Waals surface area (Å²) < 4.78 is 21.8. The summed E-state index contributed by atoms with van der Waals surface area (Å²) in [6, 6.07) is 7.84. The smallest absolute Gasteiger partial charge is 0.210 e. The van der Waals surface area contributed by atoms with Gasteiger partial charge in [-0.15, -0.1) is 0 Å². The second-order valence-electron chi connectivity index (χ2n) is 6.05. The van der Waals surface area contributed by atoms with Gasteiger partial charge in [-0.1, -0.05) is 0 Å². The zero-order valence-electron chi connectivity index (χ0n) is 15.5. The molecule has 0 fully saturated rings. The maximum Gasteiger partial charge on any atom is 0.210 e. The Balaban J connectivity index is 2.27. The van der Waals surface area contributed by atoms with Crippen molar-refractivity contribution in [2.45, 2.75) is 13.0 Å². The average Bonchev–Trinajstić information content (AvgIpc) is 2.68. The lowest BCUT2D eigenvalue weighted by Gasteiger charge is -2.26. The minimum absolute atomic E-state index is 0.507. The fraction of sp³-hybridized carbons (Fsp3) is 0.350. The van der Waals surface area contributed by atoms with Crippen molar-refractivity contribution in [1.82, 2.24) is 4.90 Å². The van der Waals surface area contributed by atoms with Crippen molar-refractivity contribution < 1.29 is 23.7 Å². The van der Waals surface area contributed by atoms with Crippen LogP contribution >= 0.6 is 0 Å². The molecule has 1 aliphatic rings. The number of benzene rings is 2. The number of nitrogens with zero attached hydrogens (tertiary/aromatic N) is 1. The fourth-order valence-electron chi connectivity index (χ4n) is 3.33. The topological polar surface area (TPSA) is 57.2 Å². The summed E-state index contributed by atoms with van der Waals surface area (Å²) in [4.78, 5) is 13.2. The molecular formula is C20H23NO5. The summed E-state index contributed by atoms with van der Waals surface area (Å²) in [5, 5.41) is 0. The van der Waals surface area contributed by atoms with E-state index < -0.39 is 0 Å². The van der Waals surface area contributed by atoms with Gasteiger partial charge >= 0.3 is 0 Å². The van der Waals surface area contributed by atoms with E-state index in [4.69, 9.17) is 18.9 Å². The van der Waals surface area contributed by atoms with Gasteiger partial charge in [0.25, 0.3) is 0 Å². The summed E-state index contributed by atoms with van der Waals surface area (Å²) in [6.07, 6.45) is 1.61. The first-order chi connectivity index (χ1) is 12.6. The molecule has 1 amide bonds. The van der Waals surface area contributed by atoms with E-state index in [-0.39, 0.29) is 0 Å². The molecular weight excluding hydrogens is 334 g/mol. The van der Waals surface area contributed by atoms with E-state index in [2.05, 4.69) is 0 Å². The molecule has 2 aromatic rings. The van der Waals surface area contributed by atoms with Crippen LogP contribution in [0.15, 0.2) is 24.3 Å². The highest BCUT2D eigenvalue weighted by Crippen LogP contribution is 2.42. The average molecular weight is 357 g/mol. The maximum absolute atomic E-state index is 11.5. The Morgan fingerprint density at radius 2 is 1.23 bits per heavy atom. The van der Waals surface area contributed by atoms with Gasteiger partial charge in [0.15, 0.2) is 23.0 Å². The summed E-state index contributed by atoms with van der Waals surface area (Å²) in [7, 11) is 6.45. The first kappa shape index (κ1) is 17.9. The Kier molecular flexibility index (Phi) is 5.21. The Morgan fingerprint density at radius 3 is 1.73 bits per heavy atom. The Morgan fingerprint density at radius 1 is 0.769 bits per heavy atom. The van der Waals surface area contributed by atoms with Gasteiger partial charge in [-0.3, -0.25) is 4.79 Å². The molecule has 1 heterocycles. The first-order valence-corrected chi connectivity index (χ1v) is 8.34. The van der Waals surface area contributed by atoms with Crippen LogP contribution in [0.25, 0.3) is 11.1 Å². The maximum atomic E-state index is 11.5. The summed E-state index contributed by atoms with van der Waals surface area (Å²) in [5.74, 6) is 2.62. The normalized spacial score (nSPS) is 13.0. The van der Waals surface area contributed by atoms with Gasteiger partial charge in [-0.25, -0.2) is 0 Å². The highest BCUT2D eigenvalue weighted by atomic mass is 16.5. The minimum atomic E-state index is 0.507. The minimum Gasteiger partial charge on any atom is -0.493 e. The largest absolute Gasteiger partial charge is 0.493 e. The zero-order chi connectivity index (χ0) is 18.7. The van der Waals surface area contributed by atoms with E-state index in [1.54, 1.807) is 33.3 Å². The Hall–Kier alpha value is -2.89. The van der Waals surface area contributed by atoms with Crippen LogP contribution in [0.4, 0.5) is 0 Å². The zero-order valence-corrected chi connectivity index (χ0v) is 15.5. The predicted octanol–water partition coefficient (Wildman–Crippen LogP) is 2.90. The van der Waals surface area contributed by atoms with E-state index in [0.29, 0.717) is 36.1 Å². The lowest BCUT2D eigenvalue weighted by atomic mass is 9.91. The van der Waals surface area contributed by atoms with Crippen LogP contribution in [0.5, 0.6) is 23.0 Å². The van der Waals surface area contributed by atoms with Crippen LogP contribution < -0.4 is 18.9 Å². The van der Waals surface area contributed by atoms with E-state index >= 15 is 0 Å². The third kappa shape index (κ3) is 3.14. The monoisotopic (exact) mass is 357 g/mol. The number of fused-ring (bicyclic) bond motifs is 3. The predicted molar refractivity (Wildman–Crippen MR) is 98.3 cm³/mol. The third-order valence-corrected chi connectivity index (χ3v) is 4.70. The number of hydrogen-bond acceptors (Lipinski definition) is 5. The van der Waals surface area contributed by atoms with Gasteiger partial charge < -0.3 is 23.8 Å².